The van der Waals surface area contributed by atoms with Crippen LogP contribution in [0.15, 0.2) is 72.8 Å². The maximum Gasteiger partial charge on any atom is 0.254 e. The molecule has 3 rings (SSSR count). The number of methoxy groups -OCH3 is 1. The average molecular weight is 423 g/mol. The number of ether oxygens (including phenoxy) is 2. The molecule has 0 saturated carbocycles. The molecule has 0 unspecified atom stereocenters. The zero-order chi connectivity index (χ0) is 22.1. The van der Waals surface area contributed by atoms with E-state index in [0.717, 1.165) is 11.1 Å². The van der Waals surface area contributed by atoms with Gasteiger partial charge in [0, 0.05) is 18.7 Å². The first-order chi connectivity index (χ1) is 15.1. The van der Waals surface area contributed by atoms with E-state index in [2.05, 4.69) is 0 Å². The first kappa shape index (κ1) is 22.3. The van der Waals surface area contributed by atoms with Gasteiger partial charge in [-0.2, -0.15) is 0 Å². The Morgan fingerprint density at radius 2 is 1.68 bits per heavy atom. The van der Waals surface area contributed by atoms with Crippen LogP contribution in [0, 0.1) is 5.82 Å². The molecular formula is C25H27FN2O3. The van der Waals surface area contributed by atoms with Crippen LogP contribution in [0.25, 0.3) is 0 Å². The van der Waals surface area contributed by atoms with Crippen molar-refractivity contribution in [3.05, 3.63) is 95.3 Å². The lowest BCUT2D eigenvalue weighted by Gasteiger charge is -2.23. The van der Waals surface area contributed by atoms with Crippen molar-refractivity contribution < 1.29 is 18.7 Å². The molecule has 31 heavy (non-hydrogen) atoms. The highest BCUT2D eigenvalue weighted by Gasteiger charge is 2.17. The van der Waals surface area contributed by atoms with Gasteiger partial charge in [0.15, 0.2) is 11.5 Å². The van der Waals surface area contributed by atoms with Gasteiger partial charge in [-0.3, -0.25) is 4.79 Å². The lowest BCUT2D eigenvalue weighted by atomic mass is 10.1. The summed E-state index contributed by atoms with van der Waals surface area (Å²) < 4.78 is 24.4. The first-order valence-electron chi connectivity index (χ1n) is 10.2. The number of carbonyl (C=O) groups is 1. The largest absolute Gasteiger partial charge is 0.493 e. The van der Waals surface area contributed by atoms with Crippen molar-refractivity contribution in [1.29, 1.82) is 0 Å². The van der Waals surface area contributed by atoms with Crippen LogP contribution in [0.4, 0.5) is 4.39 Å². The third kappa shape index (κ3) is 6.30. The molecule has 3 aromatic carbocycles. The lowest BCUT2D eigenvalue weighted by Crippen LogP contribution is -2.32. The molecule has 0 aliphatic rings. The van der Waals surface area contributed by atoms with Gasteiger partial charge < -0.3 is 20.1 Å². The minimum atomic E-state index is -0.282. The molecule has 3 aromatic rings. The summed E-state index contributed by atoms with van der Waals surface area (Å²) in [6, 6.07) is 21.0. The summed E-state index contributed by atoms with van der Waals surface area (Å²) in [5.41, 5.74) is 8.09. The van der Waals surface area contributed by atoms with Crippen LogP contribution >= 0.6 is 0 Å². The Hall–Kier alpha value is -3.38. The quantitative estimate of drug-likeness (QED) is 0.526. The summed E-state index contributed by atoms with van der Waals surface area (Å²) in [6.45, 7) is 1.81. The minimum Gasteiger partial charge on any atom is -0.493 e. The fraction of sp³-hybridized carbons (Fsp3) is 0.240. The SMILES string of the molecule is COc1cc(CN(CCCN)C(=O)c2ccccc2)ccc1OCc1ccc(F)cc1. The summed E-state index contributed by atoms with van der Waals surface area (Å²) in [4.78, 5) is 14.7. The predicted octanol–water partition coefficient (Wildman–Crippen LogP) is 4.40. The lowest BCUT2D eigenvalue weighted by molar-refractivity contribution is 0.0742. The van der Waals surface area contributed by atoms with Gasteiger partial charge in [-0.05, 0) is 60.5 Å². The number of hydrogen-bond acceptors (Lipinski definition) is 4. The molecule has 0 radical (unpaired) electrons. The van der Waals surface area contributed by atoms with E-state index in [1.807, 2.05) is 48.5 Å². The molecule has 0 saturated heterocycles. The fourth-order valence-electron chi connectivity index (χ4n) is 3.19. The van der Waals surface area contributed by atoms with E-state index in [-0.39, 0.29) is 11.7 Å². The Kier molecular flexibility index (Phi) is 8.01. The molecule has 0 heterocycles. The molecule has 1 amide bonds. The van der Waals surface area contributed by atoms with Gasteiger partial charge in [0.25, 0.3) is 5.91 Å². The van der Waals surface area contributed by atoms with Crippen LogP contribution in [-0.4, -0.2) is 31.0 Å². The Morgan fingerprint density at radius 3 is 2.35 bits per heavy atom. The maximum absolute atomic E-state index is 13.1. The van der Waals surface area contributed by atoms with Crippen molar-refractivity contribution in [1.82, 2.24) is 4.90 Å². The maximum atomic E-state index is 13.1. The molecule has 5 nitrogen and oxygen atoms in total. The second kappa shape index (κ2) is 11.1. The summed E-state index contributed by atoms with van der Waals surface area (Å²) in [5.74, 6) is 0.837. The molecule has 0 aliphatic carbocycles. The molecule has 162 valence electrons. The Bertz CT molecular complexity index is 978. The molecule has 0 spiro atoms. The standard InChI is InChI=1S/C25H27FN2O3/c1-30-24-16-20(10-13-23(24)31-18-19-8-11-22(26)12-9-19)17-28(15-5-14-27)25(29)21-6-3-2-4-7-21/h2-4,6-13,16H,5,14-15,17-18,27H2,1H3. The first-order valence-corrected chi connectivity index (χ1v) is 10.2. The number of hydrogen-bond donors (Lipinski definition) is 1. The van der Waals surface area contributed by atoms with E-state index in [4.69, 9.17) is 15.2 Å². The highest BCUT2D eigenvalue weighted by Crippen LogP contribution is 2.29. The number of nitrogens with zero attached hydrogens (tertiary/aromatic N) is 1. The summed E-state index contributed by atoms with van der Waals surface area (Å²) in [5, 5.41) is 0. The van der Waals surface area contributed by atoms with Crippen molar-refractivity contribution in [3.63, 3.8) is 0 Å². The second-order valence-electron chi connectivity index (χ2n) is 7.14. The van der Waals surface area contributed by atoms with Gasteiger partial charge in [-0.15, -0.1) is 0 Å². The van der Waals surface area contributed by atoms with Crippen molar-refractivity contribution in [3.8, 4) is 11.5 Å². The molecule has 6 heteroatoms. The van der Waals surface area contributed by atoms with E-state index >= 15 is 0 Å². The Morgan fingerprint density at radius 1 is 0.968 bits per heavy atom. The Labute approximate surface area is 182 Å². The van der Waals surface area contributed by atoms with Gasteiger partial charge in [0.05, 0.1) is 7.11 Å². The highest BCUT2D eigenvalue weighted by atomic mass is 19.1. The van der Waals surface area contributed by atoms with E-state index in [0.29, 0.717) is 49.7 Å². The van der Waals surface area contributed by atoms with Crippen LogP contribution in [0.5, 0.6) is 11.5 Å². The topological polar surface area (TPSA) is 64.8 Å². The van der Waals surface area contributed by atoms with Crippen LogP contribution in [0.3, 0.4) is 0 Å². The van der Waals surface area contributed by atoms with Crippen LogP contribution in [0.1, 0.15) is 27.9 Å². The Balaban J connectivity index is 1.72. The van der Waals surface area contributed by atoms with Crippen molar-refractivity contribution in [2.45, 2.75) is 19.6 Å². The number of rotatable bonds is 10. The van der Waals surface area contributed by atoms with Crippen LogP contribution < -0.4 is 15.2 Å². The van der Waals surface area contributed by atoms with Crippen LogP contribution in [0.2, 0.25) is 0 Å². The number of benzene rings is 3. The van der Waals surface area contributed by atoms with E-state index in [1.165, 1.54) is 12.1 Å². The summed E-state index contributed by atoms with van der Waals surface area (Å²) >= 11 is 0. The summed E-state index contributed by atoms with van der Waals surface area (Å²) in [6.07, 6.45) is 0.717. The van der Waals surface area contributed by atoms with Crippen molar-refractivity contribution >= 4 is 5.91 Å². The molecule has 2 N–H and O–H groups in total. The highest BCUT2D eigenvalue weighted by molar-refractivity contribution is 5.94. The molecule has 0 aromatic heterocycles. The van der Waals surface area contributed by atoms with Crippen molar-refractivity contribution in [2.24, 2.45) is 5.73 Å². The third-order valence-corrected chi connectivity index (χ3v) is 4.85. The normalized spacial score (nSPS) is 10.5. The van der Waals surface area contributed by atoms with Gasteiger partial charge in [0.1, 0.15) is 12.4 Å². The number of halogens is 1. The van der Waals surface area contributed by atoms with Crippen molar-refractivity contribution in [2.75, 3.05) is 20.2 Å². The number of carbonyl (C=O) groups excluding carboxylic acids is 1. The fourth-order valence-corrected chi connectivity index (χ4v) is 3.19. The zero-order valence-electron chi connectivity index (χ0n) is 17.6. The van der Waals surface area contributed by atoms with Gasteiger partial charge >= 0.3 is 0 Å². The van der Waals surface area contributed by atoms with Gasteiger partial charge in [-0.1, -0.05) is 36.4 Å². The molecule has 0 aliphatic heterocycles. The molecule has 0 fully saturated rings. The average Bonchev–Trinajstić information content (AvgIpc) is 2.81. The van der Waals surface area contributed by atoms with Gasteiger partial charge in [-0.25, -0.2) is 4.39 Å². The molecular weight excluding hydrogens is 395 g/mol. The summed E-state index contributed by atoms with van der Waals surface area (Å²) in [7, 11) is 1.57. The molecule has 0 atom stereocenters. The molecule has 0 bridgehead atoms. The monoisotopic (exact) mass is 422 g/mol. The third-order valence-electron chi connectivity index (χ3n) is 4.85. The predicted molar refractivity (Wildman–Crippen MR) is 119 cm³/mol. The van der Waals surface area contributed by atoms with E-state index in [9.17, 15) is 9.18 Å². The van der Waals surface area contributed by atoms with E-state index in [1.54, 1.807) is 24.1 Å². The zero-order valence-corrected chi connectivity index (χ0v) is 17.6. The minimum absolute atomic E-state index is 0.0374. The second-order valence-corrected chi connectivity index (χ2v) is 7.14. The number of nitrogens with two attached hydrogens (primary N) is 1. The van der Waals surface area contributed by atoms with E-state index < -0.39 is 0 Å². The number of amides is 1. The van der Waals surface area contributed by atoms with Gasteiger partial charge in [0.2, 0.25) is 0 Å². The smallest absolute Gasteiger partial charge is 0.254 e. The van der Waals surface area contributed by atoms with Crippen LogP contribution in [-0.2, 0) is 13.2 Å².